The highest BCUT2D eigenvalue weighted by Gasteiger charge is 2.27. The first kappa shape index (κ1) is 17.4. The van der Waals surface area contributed by atoms with Gasteiger partial charge in [-0.3, -0.25) is 0 Å². The van der Waals surface area contributed by atoms with E-state index in [9.17, 15) is 4.39 Å². The van der Waals surface area contributed by atoms with Crippen LogP contribution in [0.2, 0.25) is 0 Å². The molecule has 0 atom stereocenters. The summed E-state index contributed by atoms with van der Waals surface area (Å²) >= 11 is 0. The van der Waals surface area contributed by atoms with Gasteiger partial charge in [-0.1, -0.05) is 36.4 Å². The Morgan fingerprint density at radius 1 is 1.00 bits per heavy atom. The molecule has 7 heteroatoms. The van der Waals surface area contributed by atoms with Gasteiger partial charge >= 0.3 is 0 Å². The van der Waals surface area contributed by atoms with Crippen LogP contribution in [-0.2, 0) is 12.8 Å². The SMILES string of the molecule is Cl.Nc1ncnc2c1c(-c1cccc(F)c1)nn2C1Cc2ccccc2C1. The Morgan fingerprint density at radius 2 is 1.74 bits per heavy atom. The topological polar surface area (TPSA) is 69.6 Å². The van der Waals surface area contributed by atoms with Gasteiger partial charge in [0.25, 0.3) is 0 Å². The molecule has 136 valence electrons. The summed E-state index contributed by atoms with van der Waals surface area (Å²) in [7, 11) is 0. The van der Waals surface area contributed by atoms with Crippen LogP contribution in [0.1, 0.15) is 17.2 Å². The largest absolute Gasteiger partial charge is 0.383 e. The molecule has 0 spiro atoms. The maximum atomic E-state index is 13.7. The smallest absolute Gasteiger partial charge is 0.164 e. The summed E-state index contributed by atoms with van der Waals surface area (Å²) in [4.78, 5) is 8.55. The number of halogens is 2. The van der Waals surface area contributed by atoms with Gasteiger partial charge in [0.1, 0.15) is 23.7 Å². The molecule has 2 N–H and O–H groups in total. The van der Waals surface area contributed by atoms with Crippen molar-refractivity contribution < 1.29 is 4.39 Å². The van der Waals surface area contributed by atoms with E-state index in [1.54, 1.807) is 6.07 Å². The fourth-order valence-corrected chi connectivity index (χ4v) is 3.80. The molecule has 0 saturated carbocycles. The second-order valence-corrected chi connectivity index (χ2v) is 6.59. The molecule has 2 aromatic carbocycles. The lowest BCUT2D eigenvalue weighted by molar-refractivity contribution is 0.488. The second kappa shape index (κ2) is 6.63. The van der Waals surface area contributed by atoms with E-state index in [4.69, 9.17) is 10.8 Å². The summed E-state index contributed by atoms with van der Waals surface area (Å²) < 4.78 is 15.7. The average molecular weight is 382 g/mol. The van der Waals surface area contributed by atoms with Crippen molar-refractivity contribution in [1.82, 2.24) is 19.7 Å². The molecule has 1 aliphatic carbocycles. The number of nitrogens with zero attached hydrogens (tertiary/aromatic N) is 4. The molecule has 0 amide bonds. The Morgan fingerprint density at radius 3 is 2.44 bits per heavy atom. The molecule has 2 aromatic heterocycles. The van der Waals surface area contributed by atoms with Crippen molar-refractivity contribution in [2.45, 2.75) is 18.9 Å². The lowest BCUT2D eigenvalue weighted by Gasteiger charge is -2.10. The van der Waals surface area contributed by atoms with Gasteiger partial charge < -0.3 is 5.73 Å². The van der Waals surface area contributed by atoms with Crippen LogP contribution in [0.4, 0.5) is 10.2 Å². The van der Waals surface area contributed by atoms with E-state index in [1.165, 1.54) is 29.6 Å². The third kappa shape index (κ3) is 2.82. The Bertz CT molecular complexity index is 1120. The first-order chi connectivity index (χ1) is 12.7. The fourth-order valence-electron chi connectivity index (χ4n) is 3.80. The molecule has 0 fully saturated rings. The summed E-state index contributed by atoms with van der Waals surface area (Å²) in [5.74, 6) is 0.0462. The number of aromatic nitrogens is 4. The van der Waals surface area contributed by atoms with Crippen LogP contribution in [0.25, 0.3) is 22.3 Å². The molecule has 0 saturated heterocycles. The number of nitrogen functional groups attached to an aromatic ring is 1. The number of rotatable bonds is 2. The standard InChI is InChI=1S/C20H16FN5.ClH/c21-15-7-3-6-14(8-15)18-17-19(22)23-11-24-20(17)26(25-18)16-9-12-4-1-2-5-13(12)10-16;/h1-8,11,16H,9-10H2,(H2,22,23,24);1H. The highest BCUT2D eigenvalue weighted by atomic mass is 35.5. The third-order valence-corrected chi connectivity index (χ3v) is 4.99. The monoisotopic (exact) mass is 381 g/mol. The van der Waals surface area contributed by atoms with E-state index in [1.807, 2.05) is 10.7 Å². The number of hydrogen-bond acceptors (Lipinski definition) is 4. The van der Waals surface area contributed by atoms with Crippen LogP contribution in [0.3, 0.4) is 0 Å². The van der Waals surface area contributed by atoms with E-state index in [2.05, 4.69) is 34.2 Å². The van der Waals surface area contributed by atoms with Gasteiger partial charge in [-0.15, -0.1) is 12.4 Å². The van der Waals surface area contributed by atoms with E-state index in [0.717, 1.165) is 12.8 Å². The predicted molar refractivity (Wildman–Crippen MR) is 105 cm³/mol. The van der Waals surface area contributed by atoms with Crippen LogP contribution in [-0.4, -0.2) is 19.7 Å². The Hall–Kier alpha value is -2.99. The van der Waals surface area contributed by atoms with Crippen molar-refractivity contribution in [2.24, 2.45) is 0 Å². The summed E-state index contributed by atoms with van der Waals surface area (Å²) in [6.07, 6.45) is 3.23. The molecule has 5 rings (SSSR count). The minimum atomic E-state index is -0.311. The van der Waals surface area contributed by atoms with E-state index in [-0.39, 0.29) is 24.3 Å². The Balaban J connectivity index is 0.00000180. The van der Waals surface area contributed by atoms with Gasteiger partial charge in [0.15, 0.2) is 5.65 Å². The summed E-state index contributed by atoms with van der Waals surface area (Å²) in [6, 6.07) is 14.9. The molecule has 1 aliphatic rings. The average Bonchev–Trinajstić information content (AvgIpc) is 3.23. The normalized spacial score (nSPS) is 13.5. The van der Waals surface area contributed by atoms with Crippen molar-refractivity contribution in [3.63, 3.8) is 0 Å². The number of anilines is 1. The van der Waals surface area contributed by atoms with E-state index >= 15 is 0 Å². The van der Waals surface area contributed by atoms with Gasteiger partial charge in [-0.05, 0) is 36.1 Å². The third-order valence-electron chi connectivity index (χ3n) is 4.99. The minimum Gasteiger partial charge on any atom is -0.383 e. The molecule has 2 heterocycles. The van der Waals surface area contributed by atoms with Crippen LogP contribution in [0.5, 0.6) is 0 Å². The molecule has 5 nitrogen and oxygen atoms in total. The fraction of sp³-hybridized carbons (Fsp3) is 0.150. The van der Waals surface area contributed by atoms with Crippen molar-refractivity contribution in [3.8, 4) is 11.3 Å². The molecule has 27 heavy (non-hydrogen) atoms. The maximum Gasteiger partial charge on any atom is 0.164 e. The van der Waals surface area contributed by atoms with Crippen LogP contribution >= 0.6 is 12.4 Å². The highest BCUT2D eigenvalue weighted by molar-refractivity contribution is 5.98. The lowest BCUT2D eigenvalue weighted by atomic mass is 10.1. The van der Waals surface area contributed by atoms with Crippen LogP contribution in [0.15, 0.2) is 54.9 Å². The summed E-state index contributed by atoms with van der Waals surface area (Å²) in [5, 5.41) is 5.47. The predicted octanol–water partition coefficient (Wildman–Crippen LogP) is 3.98. The van der Waals surface area contributed by atoms with Crippen molar-refractivity contribution in [3.05, 3.63) is 71.8 Å². The van der Waals surface area contributed by atoms with Gasteiger partial charge in [0.05, 0.1) is 11.4 Å². The number of nitrogens with two attached hydrogens (primary N) is 1. The molecule has 0 radical (unpaired) electrons. The lowest BCUT2D eigenvalue weighted by Crippen LogP contribution is -2.11. The quantitative estimate of drug-likeness (QED) is 0.570. The number of benzene rings is 2. The maximum absolute atomic E-state index is 13.7. The first-order valence-electron chi connectivity index (χ1n) is 8.52. The van der Waals surface area contributed by atoms with Gasteiger partial charge in [0, 0.05) is 5.56 Å². The molecule has 4 aromatic rings. The van der Waals surface area contributed by atoms with Gasteiger partial charge in [-0.25, -0.2) is 19.0 Å². The van der Waals surface area contributed by atoms with Crippen LogP contribution < -0.4 is 5.73 Å². The first-order valence-corrected chi connectivity index (χ1v) is 8.52. The molecular weight excluding hydrogens is 365 g/mol. The van der Waals surface area contributed by atoms with E-state index in [0.29, 0.717) is 28.1 Å². The molecular formula is C20H17ClFN5. The van der Waals surface area contributed by atoms with Gasteiger partial charge in [0.2, 0.25) is 0 Å². The summed E-state index contributed by atoms with van der Waals surface area (Å²) in [5.41, 5.74) is 10.8. The van der Waals surface area contributed by atoms with Crippen molar-refractivity contribution in [2.75, 3.05) is 5.73 Å². The van der Waals surface area contributed by atoms with Gasteiger partial charge in [-0.2, -0.15) is 5.10 Å². The van der Waals surface area contributed by atoms with Crippen molar-refractivity contribution >= 4 is 29.3 Å². The zero-order chi connectivity index (χ0) is 17.7. The molecule has 0 bridgehead atoms. The molecule has 0 unspecified atom stereocenters. The Kier molecular flexibility index (Phi) is 4.28. The summed E-state index contributed by atoms with van der Waals surface area (Å²) in [6.45, 7) is 0. The highest BCUT2D eigenvalue weighted by Crippen LogP contribution is 2.36. The van der Waals surface area contributed by atoms with Crippen molar-refractivity contribution in [1.29, 1.82) is 0 Å². The molecule has 0 aliphatic heterocycles. The minimum absolute atomic E-state index is 0. The zero-order valence-corrected chi connectivity index (χ0v) is 15.2. The number of hydrogen-bond donors (Lipinski definition) is 1. The van der Waals surface area contributed by atoms with E-state index < -0.39 is 0 Å². The van der Waals surface area contributed by atoms with Crippen LogP contribution in [0, 0.1) is 5.82 Å². The second-order valence-electron chi connectivity index (χ2n) is 6.59. The zero-order valence-electron chi connectivity index (χ0n) is 14.3. The number of fused-ring (bicyclic) bond motifs is 2. The Labute approximate surface area is 161 Å².